The number of hydrogen-bond donors (Lipinski definition) is 2. The molecule has 0 saturated heterocycles. The molecule has 8 heteroatoms. The monoisotopic (exact) mass is 440 g/mol. The molecule has 0 atom stereocenters. The standard InChI is InChI=1S/C22H24N4O2S2/c1-13-10-14(2)26(25-13)12-15-6-4-7-16(11-15)23-22(29)24-20-19(21(27)28-3)17-8-5-9-18(17)30-20/h4,6-7,10-11H,5,8-9,12H2,1-3H3,(H2,23,24,29). The maximum Gasteiger partial charge on any atom is 0.341 e. The normalized spacial score (nSPS) is 12.5. The molecule has 30 heavy (non-hydrogen) atoms. The molecule has 1 aliphatic rings. The Morgan fingerprint density at radius 1 is 1.27 bits per heavy atom. The van der Waals surface area contributed by atoms with Crippen LogP contribution in [-0.2, 0) is 24.1 Å². The van der Waals surface area contributed by atoms with Gasteiger partial charge in [-0.1, -0.05) is 12.1 Å². The first kappa shape index (κ1) is 20.6. The van der Waals surface area contributed by atoms with Crippen molar-refractivity contribution in [2.75, 3.05) is 17.7 Å². The maximum atomic E-state index is 12.3. The van der Waals surface area contributed by atoms with E-state index in [2.05, 4.69) is 40.9 Å². The SMILES string of the molecule is COC(=O)c1c(NC(=S)Nc2cccc(Cn3nc(C)cc3C)c2)sc2c1CCC2. The van der Waals surface area contributed by atoms with Crippen LogP contribution in [0.25, 0.3) is 0 Å². The second kappa shape index (κ2) is 8.57. The number of benzene rings is 1. The highest BCUT2D eigenvalue weighted by molar-refractivity contribution is 7.80. The largest absolute Gasteiger partial charge is 0.465 e. The van der Waals surface area contributed by atoms with Gasteiger partial charge in [-0.05, 0) is 74.7 Å². The van der Waals surface area contributed by atoms with Crippen LogP contribution in [0.15, 0.2) is 30.3 Å². The lowest BCUT2D eigenvalue weighted by Crippen LogP contribution is -2.20. The quantitative estimate of drug-likeness (QED) is 0.443. The van der Waals surface area contributed by atoms with Gasteiger partial charge in [-0.2, -0.15) is 5.10 Å². The topological polar surface area (TPSA) is 68.2 Å². The molecular weight excluding hydrogens is 416 g/mol. The number of thiophene rings is 1. The Hall–Kier alpha value is -2.71. The van der Waals surface area contributed by atoms with Gasteiger partial charge in [-0.15, -0.1) is 11.3 Å². The van der Waals surface area contributed by atoms with Gasteiger partial charge in [-0.25, -0.2) is 4.79 Å². The number of ether oxygens (including phenoxy) is 1. The Morgan fingerprint density at radius 3 is 2.83 bits per heavy atom. The zero-order chi connectivity index (χ0) is 21.3. The van der Waals surface area contributed by atoms with Crippen LogP contribution in [0.3, 0.4) is 0 Å². The molecule has 156 valence electrons. The fraction of sp³-hybridized carbons (Fsp3) is 0.318. The molecule has 2 heterocycles. The van der Waals surface area contributed by atoms with Crippen LogP contribution >= 0.6 is 23.6 Å². The number of carbonyl (C=O) groups is 1. The molecule has 0 aliphatic heterocycles. The Kier molecular flexibility index (Phi) is 5.87. The Labute approximate surface area is 185 Å². The van der Waals surface area contributed by atoms with Gasteiger partial charge in [0.1, 0.15) is 5.00 Å². The number of aryl methyl sites for hydroxylation is 3. The van der Waals surface area contributed by atoms with E-state index in [-0.39, 0.29) is 5.97 Å². The first-order chi connectivity index (χ1) is 14.4. The highest BCUT2D eigenvalue weighted by Gasteiger charge is 2.27. The molecule has 0 unspecified atom stereocenters. The van der Waals surface area contributed by atoms with Crippen LogP contribution in [-0.4, -0.2) is 28.0 Å². The Bertz CT molecular complexity index is 1120. The maximum absolute atomic E-state index is 12.3. The minimum absolute atomic E-state index is 0.313. The third-order valence-electron chi connectivity index (χ3n) is 5.16. The number of hydrogen-bond acceptors (Lipinski definition) is 5. The minimum atomic E-state index is -0.313. The number of anilines is 2. The summed E-state index contributed by atoms with van der Waals surface area (Å²) in [7, 11) is 1.41. The third-order valence-corrected chi connectivity index (χ3v) is 6.57. The van der Waals surface area contributed by atoms with Crippen LogP contribution in [0.4, 0.5) is 10.7 Å². The van der Waals surface area contributed by atoms with Gasteiger partial charge in [0, 0.05) is 16.3 Å². The number of fused-ring (bicyclic) bond motifs is 1. The summed E-state index contributed by atoms with van der Waals surface area (Å²) in [4.78, 5) is 13.6. The molecule has 0 fully saturated rings. The van der Waals surface area contributed by atoms with Crippen LogP contribution in [0.2, 0.25) is 0 Å². The molecular formula is C22H24N4O2S2. The highest BCUT2D eigenvalue weighted by Crippen LogP contribution is 2.39. The van der Waals surface area contributed by atoms with Gasteiger partial charge in [0.05, 0.1) is 24.9 Å². The number of methoxy groups -OCH3 is 1. The Morgan fingerprint density at radius 2 is 2.10 bits per heavy atom. The van der Waals surface area contributed by atoms with E-state index < -0.39 is 0 Å². The molecule has 1 aliphatic carbocycles. The number of rotatable bonds is 5. The predicted octanol–water partition coefficient (Wildman–Crippen LogP) is 4.69. The Balaban J connectivity index is 1.48. The van der Waals surface area contributed by atoms with Crippen molar-refractivity contribution in [3.63, 3.8) is 0 Å². The van der Waals surface area contributed by atoms with Crippen molar-refractivity contribution in [2.24, 2.45) is 0 Å². The molecule has 1 aromatic carbocycles. The summed E-state index contributed by atoms with van der Waals surface area (Å²) >= 11 is 7.11. The van der Waals surface area contributed by atoms with Crippen molar-refractivity contribution >= 4 is 45.3 Å². The van der Waals surface area contributed by atoms with E-state index in [1.54, 1.807) is 11.3 Å². The summed E-state index contributed by atoms with van der Waals surface area (Å²) < 4.78 is 6.99. The minimum Gasteiger partial charge on any atom is -0.465 e. The molecule has 0 spiro atoms. The number of esters is 1. The summed E-state index contributed by atoms with van der Waals surface area (Å²) in [5, 5.41) is 12.2. The number of aromatic nitrogens is 2. The predicted molar refractivity (Wildman–Crippen MR) is 125 cm³/mol. The third kappa shape index (κ3) is 4.24. The first-order valence-corrected chi connectivity index (χ1v) is 11.1. The lowest BCUT2D eigenvalue weighted by molar-refractivity contribution is 0.0601. The van der Waals surface area contributed by atoms with E-state index in [0.29, 0.717) is 17.2 Å². The first-order valence-electron chi connectivity index (χ1n) is 9.85. The average Bonchev–Trinajstić information content (AvgIpc) is 3.36. The van der Waals surface area contributed by atoms with E-state index in [0.717, 1.165) is 52.5 Å². The lowest BCUT2D eigenvalue weighted by Gasteiger charge is -2.12. The zero-order valence-corrected chi connectivity index (χ0v) is 18.9. The van der Waals surface area contributed by atoms with Crippen molar-refractivity contribution < 1.29 is 9.53 Å². The summed E-state index contributed by atoms with van der Waals surface area (Å²) in [6.07, 6.45) is 2.99. The summed E-state index contributed by atoms with van der Waals surface area (Å²) in [6, 6.07) is 10.1. The van der Waals surface area contributed by atoms with Crippen LogP contribution < -0.4 is 10.6 Å². The van der Waals surface area contributed by atoms with Crippen molar-refractivity contribution in [1.29, 1.82) is 0 Å². The second-order valence-corrected chi connectivity index (χ2v) is 8.93. The number of nitrogens with zero attached hydrogens (tertiary/aromatic N) is 2. The molecule has 0 radical (unpaired) electrons. The molecule has 2 N–H and O–H groups in total. The van der Waals surface area contributed by atoms with Gasteiger partial charge < -0.3 is 15.4 Å². The van der Waals surface area contributed by atoms with Gasteiger partial charge in [-0.3, -0.25) is 4.68 Å². The van der Waals surface area contributed by atoms with Crippen LogP contribution in [0.5, 0.6) is 0 Å². The molecule has 0 bridgehead atoms. The fourth-order valence-corrected chi connectivity index (χ4v) is 5.40. The van der Waals surface area contributed by atoms with Crippen molar-refractivity contribution in [2.45, 2.75) is 39.7 Å². The molecule has 3 aromatic rings. The molecule has 4 rings (SSSR count). The van der Waals surface area contributed by atoms with Crippen molar-refractivity contribution in [3.05, 3.63) is 63.3 Å². The molecule has 0 amide bonds. The van der Waals surface area contributed by atoms with E-state index in [1.807, 2.05) is 23.7 Å². The van der Waals surface area contributed by atoms with E-state index in [1.165, 1.54) is 12.0 Å². The number of carbonyl (C=O) groups excluding carboxylic acids is 1. The highest BCUT2D eigenvalue weighted by atomic mass is 32.1. The van der Waals surface area contributed by atoms with Gasteiger partial charge >= 0.3 is 5.97 Å². The summed E-state index contributed by atoms with van der Waals surface area (Å²) in [5.74, 6) is -0.313. The van der Waals surface area contributed by atoms with Gasteiger partial charge in [0.15, 0.2) is 5.11 Å². The molecule has 2 aromatic heterocycles. The number of nitrogens with one attached hydrogen (secondary N) is 2. The van der Waals surface area contributed by atoms with Crippen molar-refractivity contribution in [1.82, 2.24) is 9.78 Å². The lowest BCUT2D eigenvalue weighted by atomic mass is 10.1. The molecule has 6 nitrogen and oxygen atoms in total. The number of thiocarbonyl (C=S) groups is 1. The molecule has 0 saturated carbocycles. The van der Waals surface area contributed by atoms with Crippen LogP contribution in [0, 0.1) is 13.8 Å². The van der Waals surface area contributed by atoms with Crippen LogP contribution in [0.1, 0.15) is 44.2 Å². The van der Waals surface area contributed by atoms with E-state index in [4.69, 9.17) is 17.0 Å². The van der Waals surface area contributed by atoms with Gasteiger partial charge in [0.2, 0.25) is 0 Å². The second-order valence-electron chi connectivity index (χ2n) is 7.42. The smallest absolute Gasteiger partial charge is 0.341 e. The fourth-order valence-electron chi connectivity index (χ4n) is 3.83. The van der Waals surface area contributed by atoms with E-state index in [9.17, 15) is 4.79 Å². The zero-order valence-electron chi connectivity index (χ0n) is 17.2. The van der Waals surface area contributed by atoms with Crippen molar-refractivity contribution in [3.8, 4) is 0 Å². The average molecular weight is 441 g/mol. The van der Waals surface area contributed by atoms with Gasteiger partial charge in [0.25, 0.3) is 0 Å². The summed E-state index contributed by atoms with van der Waals surface area (Å²) in [6.45, 7) is 4.74. The van der Waals surface area contributed by atoms with E-state index >= 15 is 0 Å². The summed E-state index contributed by atoms with van der Waals surface area (Å²) in [5.41, 5.74) is 5.87.